The van der Waals surface area contributed by atoms with E-state index >= 15 is 0 Å². The topological polar surface area (TPSA) is 89.9 Å². The summed E-state index contributed by atoms with van der Waals surface area (Å²) in [7, 11) is 0. The van der Waals surface area contributed by atoms with Crippen LogP contribution >= 0.6 is 11.8 Å². The Bertz CT molecular complexity index is 651. The Labute approximate surface area is 139 Å². The van der Waals surface area contributed by atoms with E-state index in [1.807, 2.05) is 23.1 Å². The molecule has 0 spiro atoms. The molecule has 3 heterocycles. The molecular formula is C15H20N6OS. The van der Waals surface area contributed by atoms with Crippen molar-refractivity contribution in [3.05, 3.63) is 24.4 Å². The molecule has 1 saturated heterocycles. The van der Waals surface area contributed by atoms with Gasteiger partial charge in [-0.1, -0.05) is 30.7 Å². The largest absolute Gasteiger partial charge is 0.342 e. The van der Waals surface area contributed by atoms with Crippen molar-refractivity contribution in [3.8, 4) is 11.5 Å². The molecule has 23 heavy (non-hydrogen) atoms. The second kappa shape index (κ2) is 7.45. The normalized spacial score (nSPS) is 15.4. The summed E-state index contributed by atoms with van der Waals surface area (Å²) in [6, 6.07) is 5.52. The summed E-state index contributed by atoms with van der Waals surface area (Å²) in [4.78, 5) is 18.5. The maximum atomic E-state index is 12.3. The molecule has 1 amide bonds. The molecule has 0 atom stereocenters. The molecule has 2 aromatic rings. The molecule has 1 aliphatic heterocycles. The second-order valence-corrected chi connectivity index (χ2v) is 6.42. The van der Waals surface area contributed by atoms with Gasteiger partial charge in [0.15, 0.2) is 0 Å². The zero-order valence-corrected chi connectivity index (χ0v) is 13.7. The third-order valence-corrected chi connectivity index (χ3v) is 4.77. The first-order valence-corrected chi connectivity index (χ1v) is 8.77. The number of carbonyl (C=O) groups is 1. The fraction of sp³-hybridized carbons (Fsp3) is 0.467. The number of hydrogen-bond acceptors (Lipinski definition) is 6. The number of nitrogen functional groups attached to an aromatic ring is 1. The number of thioether (sulfide) groups is 1. The average Bonchev–Trinajstić information content (AvgIpc) is 2.79. The Kier molecular flexibility index (Phi) is 5.12. The van der Waals surface area contributed by atoms with Crippen LogP contribution in [-0.2, 0) is 4.79 Å². The van der Waals surface area contributed by atoms with Crippen LogP contribution in [0.1, 0.15) is 25.7 Å². The number of aromatic nitrogens is 4. The van der Waals surface area contributed by atoms with Crippen molar-refractivity contribution >= 4 is 17.7 Å². The fourth-order valence-electron chi connectivity index (χ4n) is 2.58. The van der Waals surface area contributed by atoms with Gasteiger partial charge in [0.25, 0.3) is 0 Å². The van der Waals surface area contributed by atoms with E-state index in [1.165, 1.54) is 29.3 Å². The maximum Gasteiger partial charge on any atom is 0.233 e. The van der Waals surface area contributed by atoms with Gasteiger partial charge in [-0.05, 0) is 25.0 Å². The molecule has 2 N–H and O–H groups in total. The molecule has 0 aromatic carbocycles. The number of likely N-dealkylation sites (tertiary alicyclic amines) is 1. The summed E-state index contributed by atoms with van der Waals surface area (Å²) >= 11 is 1.32. The highest BCUT2D eigenvalue weighted by atomic mass is 32.2. The average molecular weight is 332 g/mol. The summed E-state index contributed by atoms with van der Waals surface area (Å²) in [6.45, 7) is 1.71. The number of pyridine rings is 1. The first kappa shape index (κ1) is 15.8. The van der Waals surface area contributed by atoms with E-state index in [9.17, 15) is 4.79 Å². The van der Waals surface area contributed by atoms with Gasteiger partial charge in [0, 0.05) is 19.3 Å². The zero-order valence-electron chi connectivity index (χ0n) is 12.9. The summed E-state index contributed by atoms with van der Waals surface area (Å²) in [6.07, 6.45) is 6.28. The lowest BCUT2D eigenvalue weighted by atomic mass is 10.2. The highest BCUT2D eigenvalue weighted by Gasteiger charge is 2.18. The van der Waals surface area contributed by atoms with Crippen LogP contribution in [0.3, 0.4) is 0 Å². The van der Waals surface area contributed by atoms with Crippen LogP contribution in [0.2, 0.25) is 0 Å². The van der Waals surface area contributed by atoms with Crippen LogP contribution in [0.5, 0.6) is 0 Å². The number of nitrogens with zero attached hydrogens (tertiary/aromatic N) is 5. The molecule has 0 bridgehead atoms. The van der Waals surface area contributed by atoms with Gasteiger partial charge in [-0.15, -0.1) is 10.2 Å². The van der Waals surface area contributed by atoms with Gasteiger partial charge in [0.05, 0.1) is 5.75 Å². The van der Waals surface area contributed by atoms with Gasteiger partial charge in [0.2, 0.25) is 16.9 Å². The lowest BCUT2D eigenvalue weighted by Gasteiger charge is -2.19. The number of rotatable bonds is 4. The van der Waals surface area contributed by atoms with Crippen molar-refractivity contribution in [3.63, 3.8) is 0 Å². The Morgan fingerprint density at radius 1 is 1.17 bits per heavy atom. The summed E-state index contributed by atoms with van der Waals surface area (Å²) < 4.78 is 1.39. The molecule has 8 heteroatoms. The Morgan fingerprint density at radius 3 is 2.65 bits per heavy atom. The standard InChI is InChI=1S/C15H20N6OS/c16-21-14(12-7-3-4-8-17-12)18-19-15(21)23-11-13(22)20-9-5-1-2-6-10-20/h3-4,7-8H,1-2,5-6,9-11,16H2. The third kappa shape index (κ3) is 3.82. The fourth-order valence-corrected chi connectivity index (χ4v) is 3.34. The SMILES string of the molecule is Nn1c(SCC(=O)N2CCCCCC2)nnc1-c1ccccn1. The molecule has 122 valence electrons. The predicted octanol–water partition coefficient (Wildman–Crippen LogP) is 1.55. The Balaban J connectivity index is 1.62. The summed E-state index contributed by atoms with van der Waals surface area (Å²) in [5.41, 5.74) is 0.660. The van der Waals surface area contributed by atoms with Crippen LogP contribution in [0.25, 0.3) is 11.5 Å². The second-order valence-electron chi connectivity index (χ2n) is 5.47. The van der Waals surface area contributed by atoms with Crippen LogP contribution < -0.4 is 5.84 Å². The van der Waals surface area contributed by atoms with Crippen LogP contribution in [0.15, 0.2) is 29.6 Å². The first-order chi connectivity index (χ1) is 11.3. The molecule has 1 aliphatic rings. The minimum atomic E-state index is 0.138. The number of nitrogens with two attached hydrogens (primary N) is 1. The van der Waals surface area contributed by atoms with E-state index in [1.54, 1.807) is 6.20 Å². The molecule has 0 aliphatic carbocycles. The van der Waals surface area contributed by atoms with E-state index in [0.717, 1.165) is 25.9 Å². The quantitative estimate of drug-likeness (QED) is 0.675. The van der Waals surface area contributed by atoms with Crippen LogP contribution in [0, 0.1) is 0 Å². The van der Waals surface area contributed by atoms with Gasteiger partial charge in [-0.25, -0.2) is 4.68 Å². The van der Waals surface area contributed by atoms with E-state index in [-0.39, 0.29) is 5.91 Å². The van der Waals surface area contributed by atoms with Crippen LogP contribution in [0.4, 0.5) is 0 Å². The van der Waals surface area contributed by atoms with Gasteiger partial charge < -0.3 is 10.7 Å². The molecule has 1 fully saturated rings. The van der Waals surface area contributed by atoms with E-state index < -0.39 is 0 Å². The zero-order chi connectivity index (χ0) is 16.1. The van der Waals surface area contributed by atoms with Gasteiger partial charge >= 0.3 is 0 Å². The molecule has 0 radical (unpaired) electrons. The summed E-state index contributed by atoms with van der Waals surface area (Å²) in [5.74, 6) is 7.00. The molecule has 0 unspecified atom stereocenters. The smallest absolute Gasteiger partial charge is 0.233 e. The summed E-state index contributed by atoms with van der Waals surface area (Å²) in [5, 5.41) is 8.66. The van der Waals surface area contributed by atoms with Crippen molar-refractivity contribution in [2.75, 3.05) is 24.7 Å². The van der Waals surface area contributed by atoms with Crippen molar-refractivity contribution in [2.24, 2.45) is 0 Å². The first-order valence-electron chi connectivity index (χ1n) is 7.78. The Morgan fingerprint density at radius 2 is 1.96 bits per heavy atom. The lowest BCUT2D eigenvalue weighted by molar-refractivity contribution is -0.128. The molecule has 7 nitrogen and oxygen atoms in total. The maximum absolute atomic E-state index is 12.3. The van der Waals surface area contributed by atoms with Crippen LogP contribution in [-0.4, -0.2) is 49.5 Å². The predicted molar refractivity (Wildman–Crippen MR) is 89.2 cm³/mol. The minimum Gasteiger partial charge on any atom is -0.342 e. The number of carbonyl (C=O) groups excluding carboxylic acids is 1. The molecule has 3 rings (SSSR count). The van der Waals surface area contributed by atoms with Gasteiger partial charge in [-0.2, -0.15) is 0 Å². The van der Waals surface area contributed by atoms with Gasteiger partial charge in [-0.3, -0.25) is 9.78 Å². The van der Waals surface area contributed by atoms with E-state index in [0.29, 0.717) is 22.4 Å². The lowest BCUT2D eigenvalue weighted by Crippen LogP contribution is -2.33. The third-order valence-electron chi connectivity index (χ3n) is 3.84. The van der Waals surface area contributed by atoms with Crippen molar-refractivity contribution in [1.29, 1.82) is 0 Å². The minimum absolute atomic E-state index is 0.138. The van der Waals surface area contributed by atoms with E-state index in [4.69, 9.17) is 5.84 Å². The van der Waals surface area contributed by atoms with Crippen molar-refractivity contribution in [1.82, 2.24) is 24.8 Å². The highest BCUT2D eigenvalue weighted by molar-refractivity contribution is 7.99. The van der Waals surface area contributed by atoms with Crippen molar-refractivity contribution in [2.45, 2.75) is 30.8 Å². The Hall–Kier alpha value is -2.09. The van der Waals surface area contributed by atoms with E-state index in [2.05, 4.69) is 15.2 Å². The molecular weight excluding hydrogens is 312 g/mol. The monoisotopic (exact) mass is 332 g/mol. The highest BCUT2D eigenvalue weighted by Crippen LogP contribution is 2.20. The van der Waals surface area contributed by atoms with Crippen molar-refractivity contribution < 1.29 is 4.79 Å². The van der Waals surface area contributed by atoms with Gasteiger partial charge in [0.1, 0.15) is 5.69 Å². The molecule has 0 saturated carbocycles. The number of amides is 1. The number of hydrogen-bond donors (Lipinski definition) is 1. The molecule has 2 aromatic heterocycles.